The minimum atomic E-state index is -0.515. The number of rotatable bonds is 4. The number of hydrogen-bond donors (Lipinski definition) is 0. The van der Waals surface area contributed by atoms with Crippen LogP contribution in [0.5, 0.6) is 0 Å². The molecule has 0 spiro atoms. The molecular formula is C15H12FNO3. The van der Waals surface area contributed by atoms with Gasteiger partial charge < -0.3 is 0 Å². The predicted octanol–water partition coefficient (Wildman–Crippen LogP) is 3.47. The van der Waals surface area contributed by atoms with Crippen LogP contribution >= 0.6 is 0 Å². The second-order valence-electron chi connectivity index (χ2n) is 4.45. The van der Waals surface area contributed by atoms with Gasteiger partial charge in [0.2, 0.25) is 0 Å². The van der Waals surface area contributed by atoms with Gasteiger partial charge in [-0.2, -0.15) is 0 Å². The first-order valence-corrected chi connectivity index (χ1v) is 6.00. The Kier molecular flexibility index (Phi) is 3.89. The number of aryl methyl sites for hydroxylation is 1. The van der Waals surface area contributed by atoms with Crippen molar-refractivity contribution in [3.63, 3.8) is 0 Å². The molecule has 0 aliphatic heterocycles. The average Bonchev–Trinajstić information content (AvgIpc) is 2.42. The molecule has 0 amide bonds. The van der Waals surface area contributed by atoms with Crippen molar-refractivity contribution in [2.75, 3.05) is 0 Å². The number of Topliss-reactive ketones (excluding diaryl/α,β-unsaturated/α-hetero) is 1. The number of nitrogens with zero attached hydrogens (tertiary/aromatic N) is 1. The Morgan fingerprint density at radius 2 is 1.95 bits per heavy atom. The van der Waals surface area contributed by atoms with Crippen molar-refractivity contribution >= 4 is 11.5 Å². The lowest BCUT2D eigenvalue weighted by molar-refractivity contribution is -0.385. The van der Waals surface area contributed by atoms with Gasteiger partial charge in [0.1, 0.15) is 5.82 Å². The zero-order chi connectivity index (χ0) is 14.7. The first-order valence-electron chi connectivity index (χ1n) is 6.00. The van der Waals surface area contributed by atoms with Crippen molar-refractivity contribution in [3.8, 4) is 0 Å². The summed E-state index contributed by atoms with van der Waals surface area (Å²) in [7, 11) is 0. The minimum Gasteiger partial charge on any atom is -0.294 e. The molecule has 0 bridgehead atoms. The molecule has 0 atom stereocenters. The summed E-state index contributed by atoms with van der Waals surface area (Å²) >= 11 is 0. The van der Waals surface area contributed by atoms with Gasteiger partial charge in [-0.15, -0.1) is 0 Å². The lowest BCUT2D eigenvalue weighted by Gasteiger charge is -2.04. The monoisotopic (exact) mass is 273 g/mol. The van der Waals surface area contributed by atoms with E-state index in [2.05, 4.69) is 0 Å². The van der Waals surface area contributed by atoms with E-state index in [4.69, 9.17) is 0 Å². The third kappa shape index (κ3) is 2.88. The van der Waals surface area contributed by atoms with Crippen LogP contribution in [0.15, 0.2) is 42.5 Å². The summed E-state index contributed by atoms with van der Waals surface area (Å²) in [5.74, 6) is -0.658. The summed E-state index contributed by atoms with van der Waals surface area (Å²) in [6, 6.07) is 10.2. The lowest BCUT2D eigenvalue weighted by atomic mass is 10.0. The molecule has 0 heterocycles. The summed E-state index contributed by atoms with van der Waals surface area (Å²) < 4.78 is 13.2. The molecule has 102 valence electrons. The van der Waals surface area contributed by atoms with E-state index < -0.39 is 4.92 Å². The van der Waals surface area contributed by atoms with E-state index in [9.17, 15) is 19.3 Å². The third-order valence-electron chi connectivity index (χ3n) is 3.02. The van der Waals surface area contributed by atoms with Gasteiger partial charge in [-0.25, -0.2) is 4.39 Å². The second kappa shape index (κ2) is 5.61. The van der Waals surface area contributed by atoms with Gasteiger partial charge in [-0.1, -0.05) is 18.2 Å². The van der Waals surface area contributed by atoms with Gasteiger partial charge in [0.15, 0.2) is 5.78 Å². The molecule has 0 aromatic heterocycles. The smallest absolute Gasteiger partial charge is 0.273 e. The molecule has 0 unspecified atom stereocenters. The molecule has 0 aliphatic carbocycles. The van der Waals surface area contributed by atoms with Crippen molar-refractivity contribution in [2.45, 2.75) is 13.3 Å². The Balaban J connectivity index is 2.28. The quantitative estimate of drug-likeness (QED) is 0.487. The van der Waals surface area contributed by atoms with Gasteiger partial charge in [0.05, 0.1) is 4.92 Å². The maximum Gasteiger partial charge on any atom is 0.273 e. The average molecular weight is 273 g/mol. The largest absolute Gasteiger partial charge is 0.294 e. The highest BCUT2D eigenvalue weighted by Crippen LogP contribution is 2.20. The topological polar surface area (TPSA) is 60.2 Å². The van der Waals surface area contributed by atoms with E-state index >= 15 is 0 Å². The summed E-state index contributed by atoms with van der Waals surface area (Å²) in [6.07, 6.45) is -0.0811. The number of para-hydroxylation sites is 1. The van der Waals surface area contributed by atoms with Crippen LogP contribution in [0.3, 0.4) is 0 Å². The molecule has 20 heavy (non-hydrogen) atoms. The maximum atomic E-state index is 13.2. The van der Waals surface area contributed by atoms with Gasteiger partial charge >= 0.3 is 0 Å². The molecule has 2 aromatic carbocycles. The molecule has 0 fully saturated rings. The molecule has 0 saturated heterocycles. The van der Waals surface area contributed by atoms with Crippen molar-refractivity contribution < 1.29 is 14.1 Å². The fourth-order valence-electron chi connectivity index (χ4n) is 1.93. The van der Waals surface area contributed by atoms with Crippen LogP contribution in [0.2, 0.25) is 0 Å². The van der Waals surface area contributed by atoms with Crippen LogP contribution < -0.4 is 0 Å². The number of nitro groups is 1. The van der Waals surface area contributed by atoms with E-state index in [-0.39, 0.29) is 23.7 Å². The highest BCUT2D eigenvalue weighted by Gasteiger charge is 2.16. The lowest BCUT2D eigenvalue weighted by Crippen LogP contribution is -2.06. The first-order chi connectivity index (χ1) is 9.49. The van der Waals surface area contributed by atoms with E-state index in [1.165, 1.54) is 24.3 Å². The predicted molar refractivity (Wildman–Crippen MR) is 72.3 cm³/mol. The number of hydrogen-bond acceptors (Lipinski definition) is 3. The molecule has 2 aromatic rings. The van der Waals surface area contributed by atoms with Gasteiger partial charge in [0, 0.05) is 23.6 Å². The Morgan fingerprint density at radius 3 is 2.60 bits per heavy atom. The van der Waals surface area contributed by atoms with Crippen LogP contribution in [0, 0.1) is 22.9 Å². The van der Waals surface area contributed by atoms with Crippen LogP contribution in [-0.2, 0) is 6.42 Å². The molecule has 5 heteroatoms. The summed E-state index contributed by atoms with van der Waals surface area (Å²) in [5.41, 5.74) is 0.990. The van der Waals surface area contributed by atoms with Crippen LogP contribution in [0.4, 0.5) is 10.1 Å². The van der Waals surface area contributed by atoms with E-state index in [1.807, 2.05) is 0 Å². The first kappa shape index (κ1) is 13.9. The number of benzene rings is 2. The zero-order valence-electron chi connectivity index (χ0n) is 10.8. The number of ketones is 1. The Labute approximate surface area is 115 Å². The van der Waals surface area contributed by atoms with Crippen LogP contribution in [-0.4, -0.2) is 10.7 Å². The fourth-order valence-corrected chi connectivity index (χ4v) is 1.93. The van der Waals surface area contributed by atoms with Gasteiger partial charge in [-0.3, -0.25) is 14.9 Å². The minimum absolute atomic E-state index is 0.0811. The fraction of sp³-hybridized carbons (Fsp3) is 0.133. The van der Waals surface area contributed by atoms with Crippen molar-refractivity contribution in [2.24, 2.45) is 0 Å². The molecule has 0 saturated carbocycles. The normalized spacial score (nSPS) is 10.3. The number of halogens is 1. The van der Waals surface area contributed by atoms with Crippen LogP contribution in [0.25, 0.3) is 0 Å². The van der Waals surface area contributed by atoms with E-state index in [0.29, 0.717) is 16.7 Å². The van der Waals surface area contributed by atoms with Crippen molar-refractivity contribution in [1.29, 1.82) is 0 Å². The van der Waals surface area contributed by atoms with E-state index in [0.717, 1.165) is 0 Å². The third-order valence-corrected chi connectivity index (χ3v) is 3.02. The van der Waals surface area contributed by atoms with Crippen LogP contribution in [0.1, 0.15) is 21.5 Å². The number of carbonyl (C=O) groups is 1. The van der Waals surface area contributed by atoms with Crippen molar-refractivity contribution in [3.05, 3.63) is 75.1 Å². The van der Waals surface area contributed by atoms with E-state index in [1.54, 1.807) is 25.1 Å². The molecule has 0 aliphatic rings. The summed E-state index contributed by atoms with van der Waals surface area (Å²) in [5, 5.41) is 10.9. The number of carbonyl (C=O) groups excluding carboxylic acids is 1. The molecule has 2 rings (SSSR count). The second-order valence-corrected chi connectivity index (χ2v) is 4.45. The maximum absolute atomic E-state index is 13.2. The molecular weight excluding hydrogens is 261 g/mol. The molecule has 0 radical (unpaired) electrons. The highest BCUT2D eigenvalue weighted by atomic mass is 19.1. The zero-order valence-corrected chi connectivity index (χ0v) is 10.8. The summed E-state index contributed by atoms with van der Waals surface area (Å²) in [4.78, 5) is 22.5. The standard InChI is InChI=1S/C15H12FNO3/c1-10-8-12(6-7-13(10)16)15(18)9-11-4-2-3-5-14(11)17(19)20/h2-8H,9H2,1H3. The van der Waals surface area contributed by atoms with Gasteiger partial charge in [0.25, 0.3) is 5.69 Å². The molecule has 4 nitrogen and oxygen atoms in total. The Hall–Kier alpha value is -2.56. The van der Waals surface area contributed by atoms with Gasteiger partial charge in [-0.05, 0) is 30.7 Å². The number of nitro benzene ring substituents is 1. The summed E-state index contributed by atoms with van der Waals surface area (Å²) in [6.45, 7) is 1.57. The molecule has 0 N–H and O–H groups in total. The highest BCUT2D eigenvalue weighted by molar-refractivity contribution is 5.98. The van der Waals surface area contributed by atoms with Crippen molar-refractivity contribution in [1.82, 2.24) is 0 Å². The Bertz CT molecular complexity index is 683. The SMILES string of the molecule is Cc1cc(C(=O)Cc2ccccc2[N+](=O)[O-])ccc1F. The Morgan fingerprint density at radius 1 is 1.25 bits per heavy atom.